The fourth-order valence-electron chi connectivity index (χ4n) is 4.53. The molecule has 0 spiro atoms. The maximum absolute atomic E-state index is 14.2. The van der Waals surface area contributed by atoms with E-state index in [4.69, 9.17) is 27.9 Å². The molecule has 0 aromatic heterocycles. The molecule has 1 unspecified atom stereocenters. The van der Waals surface area contributed by atoms with Gasteiger partial charge in [-0.15, -0.1) is 0 Å². The second kappa shape index (κ2) is 15.4. The van der Waals surface area contributed by atoms with E-state index in [9.17, 15) is 28.1 Å². The van der Waals surface area contributed by atoms with Gasteiger partial charge < -0.3 is 15.0 Å². The second-order valence-electron chi connectivity index (χ2n) is 10.7. The van der Waals surface area contributed by atoms with Crippen molar-refractivity contribution < 1.29 is 27.7 Å². The second-order valence-corrected chi connectivity index (χ2v) is 13.4. The van der Waals surface area contributed by atoms with Gasteiger partial charge in [0.05, 0.1) is 22.6 Å². The molecule has 45 heavy (non-hydrogen) atoms. The number of hydrogen-bond donors (Lipinski definition) is 1. The number of halogens is 2. The first-order valence-electron chi connectivity index (χ1n) is 14.1. The van der Waals surface area contributed by atoms with Crippen LogP contribution in [0.5, 0.6) is 5.75 Å². The molecule has 1 N–H and O–H groups in total. The van der Waals surface area contributed by atoms with E-state index < -0.39 is 39.3 Å². The smallest absolute Gasteiger partial charge is 0.273 e. The van der Waals surface area contributed by atoms with E-state index in [0.717, 1.165) is 10.4 Å². The average molecular weight is 680 g/mol. The van der Waals surface area contributed by atoms with Gasteiger partial charge in [-0.3, -0.25) is 24.0 Å². The van der Waals surface area contributed by atoms with Crippen LogP contribution in [0, 0.1) is 23.0 Å². The van der Waals surface area contributed by atoms with Gasteiger partial charge in [0, 0.05) is 34.8 Å². The predicted molar refractivity (Wildman–Crippen MR) is 174 cm³/mol. The van der Waals surface area contributed by atoms with Crippen LogP contribution >= 0.6 is 23.2 Å². The molecule has 0 saturated heterocycles. The molecule has 0 saturated carbocycles. The van der Waals surface area contributed by atoms with Gasteiger partial charge in [0.15, 0.2) is 0 Å². The highest BCUT2D eigenvalue weighted by molar-refractivity contribution is 7.92. The molecule has 3 aromatic rings. The molecule has 0 heterocycles. The Morgan fingerprint density at radius 3 is 2.27 bits per heavy atom. The zero-order chi connectivity index (χ0) is 33.5. The minimum atomic E-state index is -4.54. The van der Waals surface area contributed by atoms with Crippen LogP contribution < -0.4 is 14.4 Å². The molecule has 0 radical (unpaired) electrons. The van der Waals surface area contributed by atoms with Crippen molar-refractivity contribution in [3.8, 4) is 5.75 Å². The van der Waals surface area contributed by atoms with Gasteiger partial charge in [0.1, 0.15) is 18.3 Å². The van der Waals surface area contributed by atoms with E-state index in [2.05, 4.69) is 5.32 Å². The van der Waals surface area contributed by atoms with Gasteiger partial charge >= 0.3 is 0 Å². The maximum atomic E-state index is 14.2. The van der Waals surface area contributed by atoms with Crippen LogP contribution in [0.4, 0.5) is 11.4 Å². The molecule has 0 fully saturated rings. The highest BCUT2D eigenvalue weighted by atomic mass is 35.5. The lowest BCUT2D eigenvalue weighted by atomic mass is 10.1. The number of methoxy groups -OCH3 is 1. The zero-order valence-corrected chi connectivity index (χ0v) is 27.9. The van der Waals surface area contributed by atoms with E-state index >= 15 is 0 Å². The number of nitrogens with zero attached hydrogens (tertiary/aromatic N) is 3. The van der Waals surface area contributed by atoms with Gasteiger partial charge in [-0.1, -0.05) is 56.1 Å². The van der Waals surface area contributed by atoms with Gasteiger partial charge in [-0.2, -0.15) is 0 Å². The molecule has 0 aliphatic heterocycles. The third-order valence-electron chi connectivity index (χ3n) is 7.03. The van der Waals surface area contributed by atoms with Crippen molar-refractivity contribution >= 4 is 56.4 Å². The van der Waals surface area contributed by atoms with Crippen molar-refractivity contribution in [1.82, 2.24) is 10.2 Å². The van der Waals surface area contributed by atoms with E-state index in [-0.39, 0.29) is 45.7 Å². The molecular weight excluding hydrogens is 643 g/mol. The summed E-state index contributed by atoms with van der Waals surface area (Å²) in [6, 6.07) is 13.3. The number of nitro benzene ring substituents is 1. The maximum Gasteiger partial charge on any atom is 0.273 e. The summed E-state index contributed by atoms with van der Waals surface area (Å²) in [4.78, 5) is 39.5. The summed E-state index contributed by atoms with van der Waals surface area (Å²) in [5.74, 6) is -0.512. The van der Waals surface area contributed by atoms with Crippen LogP contribution in [-0.4, -0.2) is 56.3 Å². The van der Waals surface area contributed by atoms with Crippen molar-refractivity contribution in [1.29, 1.82) is 0 Å². The van der Waals surface area contributed by atoms with Crippen molar-refractivity contribution in [2.24, 2.45) is 5.92 Å². The quantitative estimate of drug-likeness (QED) is 0.163. The minimum absolute atomic E-state index is 0.106. The van der Waals surface area contributed by atoms with E-state index in [1.165, 1.54) is 61.4 Å². The molecule has 0 aliphatic rings. The third kappa shape index (κ3) is 8.86. The topological polar surface area (TPSA) is 139 Å². The Hall–Kier alpha value is -3.87. The van der Waals surface area contributed by atoms with Crippen LogP contribution in [0.25, 0.3) is 0 Å². The summed E-state index contributed by atoms with van der Waals surface area (Å²) in [6.07, 6.45) is 0.223. The summed E-state index contributed by atoms with van der Waals surface area (Å²) in [5.41, 5.74) is 0.492. The molecule has 11 nitrogen and oxygen atoms in total. The normalized spacial score (nSPS) is 12.0. The van der Waals surface area contributed by atoms with Gasteiger partial charge in [0.2, 0.25) is 11.8 Å². The van der Waals surface area contributed by atoms with E-state index in [1.807, 2.05) is 13.8 Å². The van der Waals surface area contributed by atoms with Crippen molar-refractivity contribution in [2.75, 3.05) is 24.5 Å². The Morgan fingerprint density at radius 1 is 1.04 bits per heavy atom. The Kier molecular flexibility index (Phi) is 12.2. The number of ether oxygens (including phenoxy) is 1. The molecule has 14 heteroatoms. The summed E-state index contributed by atoms with van der Waals surface area (Å²) < 4.78 is 34.3. The zero-order valence-electron chi connectivity index (χ0n) is 25.6. The number of carbonyl (C=O) groups is 2. The van der Waals surface area contributed by atoms with E-state index in [1.54, 1.807) is 19.1 Å². The number of rotatable bonds is 14. The Bertz CT molecular complexity index is 1650. The fraction of sp³-hybridized carbons (Fsp3) is 0.355. The summed E-state index contributed by atoms with van der Waals surface area (Å²) in [7, 11) is -3.09. The molecule has 3 aromatic carbocycles. The highest BCUT2D eigenvalue weighted by Crippen LogP contribution is 2.30. The summed E-state index contributed by atoms with van der Waals surface area (Å²) >= 11 is 12.5. The number of sulfonamides is 1. The van der Waals surface area contributed by atoms with E-state index in [0.29, 0.717) is 22.9 Å². The van der Waals surface area contributed by atoms with Crippen LogP contribution in [0.1, 0.15) is 38.3 Å². The number of benzene rings is 3. The predicted octanol–water partition coefficient (Wildman–Crippen LogP) is 5.99. The molecule has 0 bridgehead atoms. The Morgan fingerprint density at radius 2 is 1.71 bits per heavy atom. The SMILES string of the molecule is CCC(C(=O)NCC(C)C)N(Cc1ccc(Cl)cc1Cl)C(=O)CN(c1ccc(OC)cc1)S(=O)(=O)c1ccc(C)c([N+](=O)[O-])c1. The standard InChI is InChI=1S/C31H36Cl2N4O7S/c1-6-28(31(39)34-17-20(2)3)35(18-22-8-9-23(32)15-27(22)33)30(38)19-36(24-10-12-25(44-5)13-11-24)45(42,43)26-14-7-21(4)29(16-26)37(40)41/h7-16,20,28H,6,17-19H2,1-5H3,(H,34,39). The number of amides is 2. The van der Waals surface area contributed by atoms with Crippen LogP contribution in [0.15, 0.2) is 65.6 Å². The highest BCUT2D eigenvalue weighted by Gasteiger charge is 2.34. The first-order valence-corrected chi connectivity index (χ1v) is 16.3. The minimum Gasteiger partial charge on any atom is -0.497 e. The lowest BCUT2D eigenvalue weighted by Crippen LogP contribution is -2.52. The number of hydrogen-bond acceptors (Lipinski definition) is 7. The lowest BCUT2D eigenvalue weighted by molar-refractivity contribution is -0.385. The average Bonchev–Trinajstić information content (AvgIpc) is 2.99. The van der Waals surface area contributed by atoms with Gasteiger partial charge in [-0.05, 0) is 67.3 Å². The number of anilines is 1. The monoisotopic (exact) mass is 678 g/mol. The van der Waals surface area contributed by atoms with Crippen LogP contribution in [-0.2, 0) is 26.2 Å². The number of nitro groups is 1. The van der Waals surface area contributed by atoms with Gasteiger partial charge in [-0.25, -0.2) is 8.42 Å². The number of nitrogens with one attached hydrogen (secondary N) is 1. The molecule has 2 amide bonds. The first-order chi connectivity index (χ1) is 21.2. The first kappa shape index (κ1) is 35.6. The molecule has 242 valence electrons. The van der Waals surface area contributed by atoms with Crippen molar-refractivity contribution in [2.45, 2.75) is 51.6 Å². The largest absolute Gasteiger partial charge is 0.497 e. The third-order valence-corrected chi connectivity index (χ3v) is 9.39. The lowest BCUT2D eigenvalue weighted by Gasteiger charge is -2.33. The molecule has 0 aliphatic carbocycles. The summed E-state index contributed by atoms with van der Waals surface area (Å²) in [5, 5.41) is 15.1. The number of carbonyl (C=O) groups excluding carboxylic acids is 2. The fourth-order valence-corrected chi connectivity index (χ4v) is 6.43. The van der Waals surface area contributed by atoms with Crippen molar-refractivity contribution in [3.63, 3.8) is 0 Å². The Labute approximate surface area is 273 Å². The van der Waals surface area contributed by atoms with Crippen LogP contribution in [0.3, 0.4) is 0 Å². The van der Waals surface area contributed by atoms with Crippen LogP contribution in [0.2, 0.25) is 10.0 Å². The summed E-state index contributed by atoms with van der Waals surface area (Å²) in [6.45, 7) is 6.64. The molecule has 1 atom stereocenters. The number of aryl methyl sites for hydroxylation is 1. The Balaban J connectivity index is 2.13. The molecular formula is C31H36Cl2N4O7S. The molecule has 3 rings (SSSR count). The van der Waals surface area contributed by atoms with Gasteiger partial charge in [0.25, 0.3) is 15.7 Å². The van der Waals surface area contributed by atoms with Crippen molar-refractivity contribution in [3.05, 3.63) is 92.0 Å².